The van der Waals surface area contributed by atoms with E-state index in [1.165, 1.54) is 0 Å². The van der Waals surface area contributed by atoms with Crippen LogP contribution in [-0.2, 0) is 0 Å². The summed E-state index contributed by atoms with van der Waals surface area (Å²) in [6.45, 7) is 4.12. The molecule has 0 aliphatic rings. The molecule has 2 aromatic carbocycles. The third-order valence-electron chi connectivity index (χ3n) is 3.32. The molecule has 0 saturated carbocycles. The lowest BCUT2D eigenvalue weighted by Gasteiger charge is -2.14. The average molecular weight is 351 g/mol. The number of benzene rings is 2. The Hall–Kier alpha value is -1.52. The van der Waals surface area contributed by atoms with Gasteiger partial charge in [0, 0.05) is 9.50 Å². The molecule has 102 valence electrons. The summed E-state index contributed by atoms with van der Waals surface area (Å²) in [7, 11) is 0. The zero-order valence-corrected chi connectivity index (χ0v) is 13.5. The maximum atomic E-state index is 6.11. The molecule has 1 heterocycles. The molecule has 0 bridgehead atoms. The molecule has 0 aliphatic heterocycles. The van der Waals surface area contributed by atoms with Crippen LogP contribution >= 0.6 is 27.5 Å². The minimum Gasteiger partial charge on any atom is -0.369 e. The lowest BCUT2D eigenvalue weighted by Crippen LogP contribution is -2.04. The van der Waals surface area contributed by atoms with E-state index in [0.717, 1.165) is 32.3 Å². The van der Waals surface area contributed by atoms with Crippen LogP contribution in [0.4, 0.5) is 5.95 Å². The number of imidazole rings is 1. The number of anilines is 1. The van der Waals surface area contributed by atoms with Crippen LogP contribution < -0.4 is 5.73 Å². The Morgan fingerprint density at radius 1 is 1.15 bits per heavy atom. The van der Waals surface area contributed by atoms with Crippen molar-refractivity contribution in [2.24, 2.45) is 0 Å². The van der Waals surface area contributed by atoms with Gasteiger partial charge in [-0.2, -0.15) is 0 Å². The van der Waals surface area contributed by atoms with Crippen molar-refractivity contribution in [1.29, 1.82) is 0 Å². The molecule has 0 unspecified atom stereocenters. The summed E-state index contributed by atoms with van der Waals surface area (Å²) in [6, 6.07) is 9.73. The molecule has 3 rings (SSSR count). The van der Waals surface area contributed by atoms with Crippen LogP contribution in [0.2, 0.25) is 5.02 Å². The first-order valence-electron chi connectivity index (χ1n) is 6.18. The third kappa shape index (κ3) is 2.09. The maximum Gasteiger partial charge on any atom is 0.205 e. The zero-order valence-electron chi connectivity index (χ0n) is 11.1. The Bertz CT molecular complexity index is 800. The number of nitrogens with two attached hydrogens (primary N) is 1. The maximum absolute atomic E-state index is 6.11. The van der Waals surface area contributed by atoms with Crippen molar-refractivity contribution in [2.75, 3.05) is 5.73 Å². The van der Waals surface area contributed by atoms with Gasteiger partial charge in [0.1, 0.15) is 0 Å². The Kier molecular flexibility index (Phi) is 3.22. The van der Waals surface area contributed by atoms with Crippen molar-refractivity contribution in [3.63, 3.8) is 0 Å². The first-order valence-corrected chi connectivity index (χ1v) is 7.35. The highest BCUT2D eigenvalue weighted by Crippen LogP contribution is 2.31. The van der Waals surface area contributed by atoms with Crippen molar-refractivity contribution in [2.45, 2.75) is 13.8 Å². The average Bonchev–Trinajstić information content (AvgIpc) is 2.65. The fourth-order valence-corrected chi connectivity index (χ4v) is 3.41. The molecular weight excluding hydrogens is 338 g/mol. The van der Waals surface area contributed by atoms with Crippen LogP contribution in [0.1, 0.15) is 11.1 Å². The van der Waals surface area contributed by atoms with E-state index in [-0.39, 0.29) is 0 Å². The van der Waals surface area contributed by atoms with E-state index >= 15 is 0 Å². The Labute approximate surface area is 130 Å². The summed E-state index contributed by atoms with van der Waals surface area (Å²) >= 11 is 9.62. The van der Waals surface area contributed by atoms with Gasteiger partial charge in [-0.15, -0.1) is 0 Å². The van der Waals surface area contributed by atoms with Gasteiger partial charge in [-0.3, -0.25) is 4.57 Å². The smallest absolute Gasteiger partial charge is 0.205 e. The van der Waals surface area contributed by atoms with Crippen molar-refractivity contribution in [3.8, 4) is 5.69 Å². The van der Waals surface area contributed by atoms with Gasteiger partial charge in [-0.05, 0) is 55.3 Å². The Balaban J connectivity index is 2.40. The van der Waals surface area contributed by atoms with Gasteiger partial charge < -0.3 is 5.73 Å². The van der Waals surface area contributed by atoms with E-state index in [1.807, 2.05) is 22.8 Å². The molecule has 20 heavy (non-hydrogen) atoms. The molecule has 3 nitrogen and oxygen atoms in total. The largest absolute Gasteiger partial charge is 0.369 e. The molecule has 0 radical (unpaired) electrons. The molecule has 3 aromatic rings. The summed E-state index contributed by atoms with van der Waals surface area (Å²) in [5, 5.41) is 0.672. The second-order valence-electron chi connectivity index (χ2n) is 4.83. The monoisotopic (exact) mass is 349 g/mol. The summed E-state index contributed by atoms with van der Waals surface area (Å²) in [6.07, 6.45) is 0. The number of hydrogen-bond acceptors (Lipinski definition) is 2. The van der Waals surface area contributed by atoms with Crippen LogP contribution in [-0.4, -0.2) is 9.55 Å². The lowest BCUT2D eigenvalue weighted by molar-refractivity contribution is 1.07. The normalized spacial score (nSPS) is 11.2. The highest BCUT2D eigenvalue weighted by atomic mass is 79.9. The minimum absolute atomic E-state index is 0.468. The van der Waals surface area contributed by atoms with Gasteiger partial charge in [0.25, 0.3) is 0 Å². The molecule has 2 N–H and O–H groups in total. The fourth-order valence-electron chi connectivity index (χ4n) is 2.56. The molecule has 0 aliphatic carbocycles. The number of hydrogen-bond donors (Lipinski definition) is 1. The van der Waals surface area contributed by atoms with Crippen molar-refractivity contribution in [1.82, 2.24) is 9.55 Å². The van der Waals surface area contributed by atoms with E-state index in [0.29, 0.717) is 11.0 Å². The Morgan fingerprint density at radius 2 is 1.80 bits per heavy atom. The van der Waals surface area contributed by atoms with E-state index in [1.54, 1.807) is 0 Å². The quantitative estimate of drug-likeness (QED) is 0.695. The number of rotatable bonds is 1. The highest BCUT2D eigenvalue weighted by molar-refractivity contribution is 9.10. The predicted molar refractivity (Wildman–Crippen MR) is 87.7 cm³/mol. The summed E-state index contributed by atoms with van der Waals surface area (Å²) in [5.41, 5.74) is 11.2. The van der Waals surface area contributed by atoms with Crippen LogP contribution in [0.25, 0.3) is 16.7 Å². The van der Waals surface area contributed by atoms with Crippen LogP contribution in [0.3, 0.4) is 0 Å². The number of fused-ring (bicyclic) bond motifs is 1. The van der Waals surface area contributed by atoms with Gasteiger partial charge in [-0.1, -0.05) is 27.5 Å². The van der Waals surface area contributed by atoms with Crippen LogP contribution in [0.15, 0.2) is 34.8 Å². The van der Waals surface area contributed by atoms with Crippen molar-refractivity contribution >= 4 is 44.5 Å². The molecule has 0 amide bonds. The van der Waals surface area contributed by atoms with Gasteiger partial charge >= 0.3 is 0 Å². The molecule has 1 aromatic heterocycles. The van der Waals surface area contributed by atoms with E-state index in [9.17, 15) is 0 Å². The fraction of sp³-hybridized carbons (Fsp3) is 0.133. The number of nitrogens with zero attached hydrogens (tertiary/aromatic N) is 2. The SMILES string of the molecule is Cc1cc(Br)cc(C)c1-n1c(N)nc2ccc(Cl)cc21. The topological polar surface area (TPSA) is 43.8 Å². The lowest BCUT2D eigenvalue weighted by atomic mass is 10.1. The zero-order chi connectivity index (χ0) is 14.4. The second kappa shape index (κ2) is 4.79. The van der Waals surface area contributed by atoms with Crippen LogP contribution in [0.5, 0.6) is 0 Å². The minimum atomic E-state index is 0.468. The summed E-state index contributed by atoms with van der Waals surface area (Å²) < 4.78 is 3.01. The molecule has 0 saturated heterocycles. The number of nitrogen functional groups attached to an aromatic ring is 1. The molecule has 0 spiro atoms. The molecule has 0 atom stereocenters. The van der Waals surface area contributed by atoms with E-state index in [4.69, 9.17) is 17.3 Å². The molecular formula is C15H13BrClN3. The number of aromatic nitrogens is 2. The van der Waals surface area contributed by atoms with Gasteiger partial charge in [-0.25, -0.2) is 4.98 Å². The standard InChI is InChI=1S/C15H13BrClN3/c1-8-5-10(16)6-9(2)14(8)20-13-7-11(17)3-4-12(13)19-15(20)18/h3-7H,1-2H3,(H2,18,19). The molecule has 5 heteroatoms. The highest BCUT2D eigenvalue weighted by Gasteiger charge is 2.14. The predicted octanol–water partition coefficient (Wildman–Crippen LogP) is 4.64. The number of halogens is 2. The first kappa shape index (κ1) is 13.5. The van der Waals surface area contributed by atoms with Crippen LogP contribution in [0, 0.1) is 13.8 Å². The molecule has 0 fully saturated rings. The van der Waals surface area contributed by atoms with E-state index in [2.05, 4.69) is 46.9 Å². The van der Waals surface area contributed by atoms with E-state index < -0.39 is 0 Å². The third-order valence-corrected chi connectivity index (χ3v) is 4.01. The number of aryl methyl sites for hydroxylation is 2. The second-order valence-corrected chi connectivity index (χ2v) is 6.18. The van der Waals surface area contributed by atoms with Crippen molar-refractivity contribution in [3.05, 3.63) is 51.0 Å². The summed E-state index contributed by atoms with van der Waals surface area (Å²) in [5.74, 6) is 0.468. The summed E-state index contributed by atoms with van der Waals surface area (Å²) in [4.78, 5) is 4.41. The van der Waals surface area contributed by atoms with Gasteiger partial charge in [0.15, 0.2) is 0 Å². The van der Waals surface area contributed by atoms with Crippen molar-refractivity contribution < 1.29 is 0 Å². The Morgan fingerprint density at radius 3 is 2.45 bits per heavy atom. The first-order chi connectivity index (χ1) is 9.47. The van der Waals surface area contributed by atoms with Gasteiger partial charge in [0.05, 0.1) is 16.7 Å². The van der Waals surface area contributed by atoms with Gasteiger partial charge in [0.2, 0.25) is 5.95 Å².